The molecule has 0 bridgehead atoms. The van der Waals surface area contributed by atoms with E-state index in [4.69, 9.17) is 56.8 Å². The third-order valence-electron chi connectivity index (χ3n) is 8.58. The Morgan fingerprint density at radius 2 is 0.444 bits per heavy atom. The van der Waals surface area contributed by atoms with Crippen LogP contribution in [0.2, 0.25) is 0 Å². The summed E-state index contributed by atoms with van der Waals surface area (Å²) in [5, 5.41) is 0. The van der Waals surface area contributed by atoms with Crippen molar-refractivity contribution >= 4 is 0 Å². The van der Waals surface area contributed by atoms with Gasteiger partial charge in [0.15, 0.2) is 0 Å². The SMILES string of the molecule is CCCCCCCCCCCCCCCOCCOCCOCCOCCOCCOCCOCCOCCOCCOCCOCCOCC(C)CC. The highest BCUT2D eigenvalue weighted by atomic mass is 16.6. The molecule has 0 rings (SSSR count). The van der Waals surface area contributed by atoms with E-state index in [0.29, 0.717) is 151 Å². The van der Waals surface area contributed by atoms with Gasteiger partial charge in [-0.2, -0.15) is 0 Å². The summed E-state index contributed by atoms with van der Waals surface area (Å²) >= 11 is 0. The minimum atomic E-state index is 0.521. The van der Waals surface area contributed by atoms with Crippen molar-refractivity contribution in [3.63, 3.8) is 0 Å². The minimum Gasteiger partial charge on any atom is -0.379 e. The Kier molecular flexibility index (Phi) is 50.1. The van der Waals surface area contributed by atoms with Crippen LogP contribution in [-0.4, -0.2) is 159 Å². The molecule has 326 valence electrons. The van der Waals surface area contributed by atoms with Gasteiger partial charge in [0.25, 0.3) is 0 Å². The van der Waals surface area contributed by atoms with E-state index < -0.39 is 0 Å². The predicted molar refractivity (Wildman–Crippen MR) is 215 cm³/mol. The molecule has 0 aromatic carbocycles. The summed E-state index contributed by atoms with van der Waals surface area (Å²) < 4.78 is 66.4. The van der Waals surface area contributed by atoms with Crippen molar-refractivity contribution in [2.75, 3.05) is 159 Å². The Bertz CT molecular complexity index is 648. The predicted octanol–water partition coefficient (Wildman–Crippen LogP) is 7.32. The van der Waals surface area contributed by atoms with Crippen LogP contribution in [-0.2, 0) is 56.8 Å². The molecule has 0 radical (unpaired) electrons. The van der Waals surface area contributed by atoms with Crippen molar-refractivity contribution in [1.29, 1.82) is 0 Å². The van der Waals surface area contributed by atoms with E-state index in [1.807, 2.05) is 0 Å². The molecule has 12 heteroatoms. The van der Waals surface area contributed by atoms with Crippen LogP contribution in [0.4, 0.5) is 0 Å². The molecule has 0 aliphatic heterocycles. The first kappa shape index (κ1) is 53.5. The van der Waals surface area contributed by atoms with Crippen LogP contribution in [0, 0.1) is 5.92 Å². The summed E-state index contributed by atoms with van der Waals surface area (Å²) in [7, 11) is 0. The van der Waals surface area contributed by atoms with Crippen molar-refractivity contribution in [2.24, 2.45) is 5.92 Å². The average Bonchev–Trinajstić information content (AvgIpc) is 3.18. The summed E-state index contributed by atoms with van der Waals surface area (Å²) in [5.74, 6) is 0.599. The average molecular weight is 783 g/mol. The maximum Gasteiger partial charge on any atom is 0.0701 e. The monoisotopic (exact) mass is 783 g/mol. The van der Waals surface area contributed by atoms with Crippen LogP contribution in [0.1, 0.15) is 111 Å². The van der Waals surface area contributed by atoms with Gasteiger partial charge in [-0.15, -0.1) is 0 Å². The van der Waals surface area contributed by atoms with E-state index in [9.17, 15) is 0 Å². The van der Waals surface area contributed by atoms with E-state index in [1.165, 1.54) is 77.0 Å². The Labute approximate surface area is 331 Å². The number of rotatable bonds is 50. The summed E-state index contributed by atoms with van der Waals surface area (Å²) in [4.78, 5) is 0. The number of hydrogen-bond donors (Lipinski definition) is 0. The van der Waals surface area contributed by atoms with Gasteiger partial charge in [0.05, 0.1) is 145 Å². The van der Waals surface area contributed by atoms with Gasteiger partial charge in [-0.3, -0.25) is 0 Å². The highest BCUT2D eigenvalue weighted by Gasteiger charge is 2.00. The summed E-state index contributed by atoms with van der Waals surface area (Å²) in [5.41, 5.74) is 0. The maximum atomic E-state index is 5.68. The van der Waals surface area contributed by atoms with Crippen molar-refractivity contribution in [1.82, 2.24) is 0 Å². The third kappa shape index (κ3) is 49.5. The molecule has 1 unspecified atom stereocenters. The zero-order valence-electron chi connectivity index (χ0n) is 35.3. The smallest absolute Gasteiger partial charge is 0.0701 e. The Hall–Kier alpha value is -0.480. The van der Waals surface area contributed by atoms with Crippen LogP contribution in [0.15, 0.2) is 0 Å². The normalized spacial score (nSPS) is 12.3. The van der Waals surface area contributed by atoms with Crippen LogP contribution in [0.5, 0.6) is 0 Å². The van der Waals surface area contributed by atoms with Crippen LogP contribution in [0.3, 0.4) is 0 Å². The van der Waals surface area contributed by atoms with Crippen LogP contribution in [0.25, 0.3) is 0 Å². The van der Waals surface area contributed by atoms with Gasteiger partial charge in [0.2, 0.25) is 0 Å². The molecule has 54 heavy (non-hydrogen) atoms. The second-order valence-electron chi connectivity index (χ2n) is 13.6. The molecule has 0 spiro atoms. The highest BCUT2D eigenvalue weighted by Crippen LogP contribution is 2.12. The van der Waals surface area contributed by atoms with E-state index in [1.54, 1.807) is 0 Å². The van der Waals surface area contributed by atoms with Gasteiger partial charge >= 0.3 is 0 Å². The minimum absolute atomic E-state index is 0.521. The second-order valence-corrected chi connectivity index (χ2v) is 13.6. The Balaban J connectivity index is 3.06. The molecule has 0 N–H and O–H groups in total. The highest BCUT2D eigenvalue weighted by molar-refractivity contribution is 4.49. The van der Waals surface area contributed by atoms with Crippen molar-refractivity contribution in [2.45, 2.75) is 111 Å². The van der Waals surface area contributed by atoms with Gasteiger partial charge in [-0.25, -0.2) is 0 Å². The molecule has 1 atom stereocenters. The zero-order chi connectivity index (χ0) is 38.9. The van der Waals surface area contributed by atoms with Gasteiger partial charge in [-0.05, 0) is 12.3 Å². The number of ether oxygens (including phenoxy) is 12. The topological polar surface area (TPSA) is 111 Å². The lowest BCUT2D eigenvalue weighted by Crippen LogP contribution is -2.15. The standard InChI is InChI=1S/C42H86O12/c1-4-6-7-8-9-10-11-12-13-14-15-16-17-18-43-19-20-44-21-22-45-23-24-46-25-26-47-27-28-48-29-30-49-31-32-50-33-34-51-35-36-52-37-38-53-39-40-54-41-42(3)5-2/h42H,4-41H2,1-3H3. The van der Waals surface area contributed by atoms with Gasteiger partial charge in [0, 0.05) is 13.2 Å². The lowest BCUT2D eigenvalue weighted by atomic mass is 10.0. The van der Waals surface area contributed by atoms with E-state index in [0.717, 1.165) is 26.1 Å². The van der Waals surface area contributed by atoms with Crippen molar-refractivity contribution in [3.8, 4) is 0 Å². The summed E-state index contributed by atoms with van der Waals surface area (Å²) in [6.45, 7) is 20.4. The summed E-state index contributed by atoms with van der Waals surface area (Å²) in [6, 6.07) is 0. The molecule has 0 aliphatic carbocycles. The molecule has 0 amide bonds. The zero-order valence-corrected chi connectivity index (χ0v) is 35.3. The number of unbranched alkanes of at least 4 members (excludes halogenated alkanes) is 12. The second kappa shape index (κ2) is 50.5. The first-order chi connectivity index (χ1) is 26.8. The molecular weight excluding hydrogens is 696 g/mol. The van der Waals surface area contributed by atoms with Gasteiger partial charge in [-0.1, -0.05) is 104 Å². The molecule has 0 heterocycles. The fraction of sp³-hybridized carbons (Fsp3) is 1.00. The van der Waals surface area contributed by atoms with Crippen LogP contribution < -0.4 is 0 Å². The lowest BCUT2D eigenvalue weighted by Gasteiger charge is -2.10. The van der Waals surface area contributed by atoms with E-state index in [-0.39, 0.29) is 0 Å². The largest absolute Gasteiger partial charge is 0.379 e. The molecule has 0 aliphatic rings. The fourth-order valence-corrected chi connectivity index (χ4v) is 5.04. The van der Waals surface area contributed by atoms with E-state index >= 15 is 0 Å². The first-order valence-electron chi connectivity index (χ1n) is 21.7. The molecule has 0 saturated heterocycles. The molecule has 0 aromatic rings. The van der Waals surface area contributed by atoms with Gasteiger partial charge in [0.1, 0.15) is 0 Å². The summed E-state index contributed by atoms with van der Waals surface area (Å²) in [6.07, 6.45) is 18.9. The Morgan fingerprint density at radius 1 is 0.241 bits per heavy atom. The first-order valence-corrected chi connectivity index (χ1v) is 21.7. The quantitative estimate of drug-likeness (QED) is 0.0577. The third-order valence-corrected chi connectivity index (χ3v) is 8.58. The maximum absolute atomic E-state index is 5.68. The number of hydrogen-bond acceptors (Lipinski definition) is 12. The molecule has 0 aromatic heterocycles. The molecular formula is C42H86O12. The Morgan fingerprint density at radius 3 is 0.685 bits per heavy atom. The van der Waals surface area contributed by atoms with Crippen LogP contribution >= 0.6 is 0 Å². The fourth-order valence-electron chi connectivity index (χ4n) is 5.04. The van der Waals surface area contributed by atoms with Crippen molar-refractivity contribution < 1.29 is 56.8 Å². The van der Waals surface area contributed by atoms with E-state index in [2.05, 4.69) is 20.8 Å². The van der Waals surface area contributed by atoms with Gasteiger partial charge < -0.3 is 56.8 Å². The molecule has 0 fully saturated rings. The molecule has 0 saturated carbocycles. The van der Waals surface area contributed by atoms with Crippen molar-refractivity contribution in [3.05, 3.63) is 0 Å². The molecule has 12 nitrogen and oxygen atoms in total. The lowest BCUT2D eigenvalue weighted by molar-refractivity contribution is -0.0286.